The smallest absolute Gasteiger partial charge is 0.251 e. The van der Waals surface area contributed by atoms with Crippen molar-refractivity contribution in [1.29, 1.82) is 0 Å². The largest absolute Gasteiger partial charge is 0.378 e. The zero-order valence-corrected chi connectivity index (χ0v) is 21.2. The number of hydrogen-bond acceptors (Lipinski definition) is 5. The molecule has 2 unspecified atom stereocenters. The first kappa shape index (κ1) is 25.7. The van der Waals surface area contributed by atoms with Gasteiger partial charge in [0.25, 0.3) is 5.91 Å². The lowest BCUT2D eigenvalue weighted by Gasteiger charge is -2.29. The Morgan fingerprint density at radius 3 is 2.24 bits per heavy atom. The fourth-order valence-electron chi connectivity index (χ4n) is 4.90. The highest BCUT2D eigenvalue weighted by atomic mass is 16.2. The van der Waals surface area contributed by atoms with Gasteiger partial charge in [0.2, 0.25) is 11.8 Å². The van der Waals surface area contributed by atoms with Gasteiger partial charge in [-0.15, -0.1) is 0 Å². The third-order valence-electron chi connectivity index (χ3n) is 6.57. The van der Waals surface area contributed by atoms with Crippen LogP contribution in [0.5, 0.6) is 0 Å². The molecule has 2 heterocycles. The highest BCUT2D eigenvalue weighted by molar-refractivity contribution is 6.01. The van der Waals surface area contributed by atoms with E-state index < -0.39 is 12.1 Å². The van der Waals surface area contributed by atoms with E-state index in [1.54, 1.807) is 21.9 Å². The summed E-state index contributed by atoms with van der Waals surface area (Å²) in [7, 11) is 3.86. The molecule has 0 saturated carbocycles. The van der Waals surface area contributed by atoms with Gasteiger partial charge in [0.1, 0.15) is 12.1 Å². The van der Waals surface area contributed by atoms with Gasteiger partial charge >= 0.3 is 0 Å². The fourth-order valence-corrected chi connectivity index (χ4v) is 4.90. The SMILES string of the molecule is CC(C)CC(=O)N1CC(=O)C2C1CCN2C(=O)[C@H](CC(C)C)NC(=O)c1ccc(N(C)C)cc1. The van der Waals surface area contributed by atoms with Crippen LogP contribution < -0.4 is 10.2 Å². The summed E-state index contributed by atoms with van der Waals surface area (Å²) in [4.78, 5) is 57.3. The number of nitrogens with zero attached hydrogens (tertiary/aromatic N) is 3. The lowest BCUT2D eigenvalue weighted by atomic mass is 10.0. The Kier molecular flexibility index (Phi) is 8.00. The Morgan fingerprint density at radius 2 is 1.68 bits per heavy atom. The van der Waals surface area contributed by atoms with E-state index >= 15 is 0 Å². The quantitative estimate of drug-likeness (QED) is 0.630. The lowest BCUT2D eigenvalue weighted by molar-refractivity contribution is -0.138. The second kappa shape index (κ2) is 10.6. The van der Waals surface area contributed by atoms with Crippen molar-refractivity contribution >= 4 is 29.2 Å². The van der Waals surface area contributed by atoms with Crippen molar-refractivity contribution in [3.05, 3.63) is 29.8 Å². The Morgan fingerprint density at radius 1 is 1.03 bits per heavy atom. The van der Waals surface area contributed by atoms with E-state index in [1.807, 2.05) is 58.8 Å². The van der Waals surface area contributed by atoms with Crippen LogP contribution in [0.25, 0.3) is 0 Å². The Labute approximate surface area is 202 Å². The predicted octanol–water partition coefficient (Wildman–Crippen LogP) is 2.32. The van der Waals surface area contributed by atoms with Gasteiger partial charge in [-0.3, -0.25) is 19.2 Å². The highest BCUT2D eigenvalue weighted by Gasteiger charge is 2.52. The molecule has 0 aliphatic carbocycles. The van der Waals surface area contributed by atoms with Crippen molar-refractivity contribution in [2.24, 2.45) is 11.8 Å². The third-order valence-corrected chi connectivity index (χ3v) is 6.57. The van der Waals surface area contributed by atoms with E-state index in [2.05, 4.69) is 5.32 Å². The number of hydrogen-bond donors (Lipinski definition) is 1. The average Bonchev–Trinajstić information content (AvgIpc) is 3.33. The molecule has 3 atom stereocenters. The van der Waals surface area contributed by atoms with E-state index in [9.17, 15) is 19.2 Å². The minimum atomic E-state index is -0.729. The number of rotatable bonds is 8. The maximum Gasteiger partial charge on any atom is 0.251 e. The van der Waals surface area contributed by atoms with Crippen LogP contribution in [0, 0.1) is 11.8 Å². The van der Waals surface area contributed by atoms with Crippen molar-refractivity contribution in [2.45, 2.75) is 65.1 Å². The molecule has 3 amide bonds. The van der Waals surface area contributed by atoms with Crippen molar-refractivity contribution in [2.75, 3.05) is 32.1 Å². The average molecular weight is 471 g/mol. The number of anilines is 1. The molecule has 0 aromatic heterocycles. The number of likely N-dealkylation sites (tertiary alicyclic amines) is 2. The molecule has 3 rings (SSSR count). The van der Waals surface area contributed by atoms with Crippen LogP contribution in [-0.4, -0.2) is 78.6 Å². The molecular formula is C26H38N4O4. The summed E-state index contributed by atoms with van der Waals surface area (Å²) in [6.45, 7) is 8.42. The second-order valence-electron chi connectivity index (χ2n) is 10.5. The normalized spacial score (nSPS) is 20.6. The summed E-state index contributed by atoms with van der Waals surface area (Å²) in [5, 5.41) is 2.91. The third kappa shape index (κ3) is 5.59. The first-order valence-corrected chi connectivity index (χ1v) is 12.2. The molecule has 0 bridgehead atoms. The topological polar surface area (TPSA) is 90.0 Å². The van der Waals surface area contributed by atoms with Crippen molar-refractivity contribution in [1.82, 2.24) is 15.1 Å². The molecule has 0 radical (unpaired) electrons. The van der Waals surface area contributed by atoms with E-state index in [-0.39, 0.29) is 47.9 Å². The standard InChI is InChI=1S/C26H38N4O4/c1-16(2)13-20(27-25(33)18-7-9-19(10-8-18)28(5)6)26(34)29-12-11-21-24(29)22(31)15-30(21)23(32)14-17(3)4/h7-10,16-17,20-21,24H,11-15H2,1-6H3,(H,27,33)/t20-,21?,24?/m0/s1. The van der Waals surface area contributed by atoms with Crippen LogP contribution in [0.3, 0.4) is 0 Å². The first-order valence-electron chi connectivity index (χ1n) is 12.2. The van der Waals surface area contributed by atoms with Crippen LogP contribution in [0.2, 0.25) is 0 Å². The molecular weight excluding hydrogens is 432 g/mol. The number of amides is 3. The van der Waals surface area contributed by atoms with Crippen LogP contribution in [0.1, 0.15) is 57.3 Å². The number of nitrogens with one attached hydrogen (secondary N) is 1. The summed E-state index contributed by atoms with van der Waals surface area (Å²) >= 11 is 0. The number of carbonyl (C=O) groups is 4. The molecule has 1 N–H and O–H groups in total. The number of ketones is 1. The molecule has 2 aliphatic heterocycles. The van der Waals surface area contributed by atoms with Crippen LogP contribution >= 0.6 is 0 Å². The van der Waals surface area contributed by atoms with Gasteiger partial charge < -0.3 is 20.0 Å². The molecule has 1 aromatic rings. The van der Waals surface area contributed by atoms with Gasteiger partial charge in [-0.05, 0) is 48.9 Å². The summed E-state index contributed by atoms with van der Waals surface area (Å²) < 4.78 is 0. The van der Waals surface area contributed by atoms with Gasteiger partial charge in [0, 0.05) is 38.3 Å². The van der Waals surface area contributed by atoms with Gasteiger partial charge in [-0.1, -0.05) is 27.7 Å². The zero-order valence-electron chi connectivity index (χ0n) is 21.2. The second-order valence-corrected chi connectivity index (χ2v) is 10.5. The van der Waals surface area contributed by atoms with Crippen LogP contribution in [-0.2, 0) is 14.4 Å². The molecule has 8 nitrogen and oxygen atoms in total. The molecule has 0 spiro atoms. The number of fused-ring (bicyclic) bond motifs is 1. The molecule has 1 aromatic carbocycles. The van der Waals surface area contributed by atoms with Crippen LogP contribution in [0.4, 0.5) is 5.69 Å². The minimum absolute atomic E-state index is 0.0293. The Bertz CT molecular complexity index is 925. The minimum Gasteiger partial charge on any atom is -0.378 e. The first-order chi connectivity index (χ1) is 16.0. The maximum atomic E-state index is 13.6. The van der Waals surface area contributed by atoms with Crippen LogP contribution in [0.15, 0.2) is 24.3 Å². The fraction of sp³-hybridized carbons (Fsp3) is 0.615. The molecule has 186 valence electrons. The van der Waals surface area contributed by atoms with Crippen molar-refractivity contribution < 1.29 is 19.2 Å². The van der Waals surface area contributed by atoms with Crippen molar-refractivity contribution in [3.8, 4) is 0 Å². The van der Waals surface area contributed by atoms with E-state index in [4.69, 9.17) is 0 Å². The Hall–Kier alpha value is -2.90. The van der Waals surface area contributed by atoms with E-state index in [1.165, 1.54) is 0 Å². The maximum absolute atomic E-state index is 13.6. The molecule has 2 fully saturated rings. The molecule has 2 aliphatic rings. The number of benzene rings is 1. The van der Waals surface area contributed by atoms with Gasteiger partial charge in [0.05, 0.1) is 12.6 Å². The molecule has 8 heteroatoms. The van der Waals surface area contributed by atoms with E-state index in [0.717, 1.165) is 5.69 Å². The van der Waals surface area contributed by atoms with E-state index in [0.29, 0.717) is 31.4 Å². The van der Waals surface area contributed by atoms with Gasteiger partial charge in [-0.2, -0.15) is 0 Å². The monoisotopic (exact) mass is 470 g/mol. The number of Topliss-reactive ketones (excluding diaryl/α,β-unsaturated/α-hetero) is 1. The summed E-state index contributed by atoms with van der Waals surface area (Å²) in [6, 6.07) is 5.59. The van der Waals surface area contributed by atoms with Gasteiger partial charge in [0.15, 0.2) is 5.78 Å². The molecule has 34 heavy (non-hydrogen) atoms. The highest BCUT2D eigenvalue weighted by Crippen LogP contribution is 2.31. The summed E-state index contributed by atoms with van der Waals surface area (Å²) in [6.07, 6.45) is 1.45. The summed E-state index contributed by atoms with van der Waals surface area (Å²) in [5.74, 6) is -0.303. The molecule has 2 saturated heterocycles. The lowest BCUT2D eigenvalue weighted by Crippen LogP contribution is -2.53. The zero-order chi connectivity index (χ0) is 25.2. The van der Waals surface area contributed by atoms with Gasteiger partial charge in [-0.25, -0.2) is 0 Å². The summed E-state index contributed by atoms with van der Waals surface area (Å²) in [5.41, 5.74) is 1.46. The predicted molar refractivity (Wildman–Crippen MR) is 132 cm³/mol. The number of carbonyl (C=O) groups excluding carboxylic acids is 4. The Balaban J connectivity index is 1.74. The van der Waals surface area contributed by atoms with Crippen molar-refractivity contribution in [3.63, 3.8) is 0 Å².